The lowest BCUT2D eigenvalue weighted by Crippen LogP contribution is -2.33. The molecule has 1 aliphatic heterocycles. The molecule has 1 atom stereocenters. The molecule has 0 bridgehead atoms. The van der Waals surface area contributed by atoms with E-state index in [0.717, 1.165) is 18.4 Å². The molecular weight excluding hydrogens is 374 g/mol. The van der Waals surface area contributed by atoms with E-state index in [1.807, 2.05) is 32.0 Å². The molecule has 1 aliphatic rings. The maximum atomic E-state index is 12.3. The van der Waals surface area contributed by atoms with Gasteiger partial charge >= 0.3 is 0 Å². The third kappa shape index (κ3) is 5.19. The van der Waals surface area contributed by atoms with Gasteiger partial charge in [0.25, 0.3) is 10.0 Å². The fourth-order valence-electron chi connectivity index (χ4n) is 3.13. The lowest BCUT2D eigenvalue weighted by molar-refractivity contribution is -0.121. The van der Waals surface area contributed by atoms with E-state index in [1.165, 1.54) is 5.56 Å². The van der Waals surface area contributed by atoms with Crippen LogP contribution in [0, 0.1) is 6.92 Å². The maximum Gasteiger partial charge on any atom is 0.286 e. The van der Waals surface area contributed by atoms with Crippen LogP contribution in [-0.2, 0) is 21.2 Å². The number of sulfonamides is 1. The minimum absolute atomic E-state index is 0.0427. The maximum absolute atomic E-state index is 12.3. The summed E-state index contributed by atoms with van der Waals surface area (Å²) < 4.78 is 28.4. The molecule has 2 N–H and O–H groups in total. The van der Waals surface area contributed by atoms with E-state index in [2.05, 4.69) is 27.2 Å². The molecule has 148 valence electrons. The van der Waals surface area contributed by atoms with E-state index in [9.17, 15) is 13.2 Å². The molecule has 3 rings (SSSR count). The molecule has 0 radical (unpaired) electrons. The van der Waals surface area contributed by atoms with E-state index in [1.54, 1.807) is 18.2 Å². The van der Waals surface area contributed by atoms with Crippen LogP contribution >= 0.6 is 0 Å². The smallest absolute Gasteiger partial charge is 0.286 e. The summed E-state index contributed by atoms with van der Waals surface area (Å²) in [5, 5.41) is 6.01. The summed E-state index contributed by atoms with van der Waals surface area (Å²) in [5.41, 5.74) is 2.71. The number of carbonyl (C=O) groups is 1. The Bertz CT molecular complexity index is 985. The minimum atomic E-state index is -3.72. The number of nitrogens with one attached hydrogen (secondary N) is 2. The van der Waals surface area contributed by atoms with Gasteiger partial charge < -0.3 is 10.6 Å². The number of aryl methyl sites for hydroxylation is 2. The fraction of sp³-hybridized carbons (Fsp3) is 0.333. The quantitative estimate of drug-likeness (QED) is 0.747. The van der Waals surface area contributed by atoms with E-state index in [0.29, 0.717) is 11.5 Å². The zero-order chi connectivity index (χ0) is 20.1. The van der Waals surface area contributed by atoms with Crippen molar-refractivity contribution in [1.29, 1.82) is 0 Å². The summed E-state index contributed by atoms with van der Waals surface area (Å²) in [6.45, 7) is 3.87. The molecule has 0 aliphatic carbocycles. The van der Waals surface area contributed by atoms with Gasteiger partial charge in [-0.25, -0.2) is 0 Å². The molecule has 0 saturated heterocycles. The zero-order valence-corrected chi connectivity index (χ0v) is 16.9. The highest BCUT2D eigenvalue weighted by Crippen LogP contribution is 2.28. The van der Waals surface area contributed by atoms with Gasteiger partial charge in [0.1, 0.15) is 10.7 Å². The van der Waals surface area contributed by atoms with Crippen molar-refractivity contribution in [3.05, 3.63) is 59.7 Å². The normalized spacial score (nSPS) is 15.7. The van der Waals surface area contributed by atoms with Gasteiger partial charge in [0, 0.05) is 18.9 Å². The zero-order valence-electron chi connectivity index (χ0n) is 16.1. The first kappa shape index (κ1) is 20.1. The highest BCUT2D eigenvalue weighted by Gasteiger charge is 2.25. The third-order valence-corrected chi connectivity index (χ3v) is 6.00. The van der Waals surface area contributed by atoms with Crippen molar-refractivity contribution in [2.75, 3.05) is 5.32 Å². The summed E-state index contributed by atoms with van der Waals surface area (Å²) in [6.07, 6.45) is 2.16. The van der Waals surface area contributed by atoms with Crippen molar-refractivity contribution >= 4 is 27.5 Å². The number of hydrogen-bond acceptors (Lipinski definition) is 4. The molecule has 7 heteroatoms. The molecule has 2 aromatic rings. The average molecular weight is 400 g/mol. The second-order valence-electron chi connectivity index (χ2n) is 7.13. The Morgan fingerprint density at radius 1 is 1.14 bits per heavy atom. The van der Waals surface area contributed by atoms with Gasteiger partial charge in [0.05, 0.1) is 5.69 Å². The van der Waals surface area contributed by atoms with Gasteiger partial charge in [0.15, 0.2) is 0 Å². The van der Waals surface area contributed by atoms with Crippen LogP contribution in [0.3, 0.4) is 0 Å². The third-order valence-electron chi connectivity index (χ3n) is 4.63. The van der Waals surface area contributed by atoms with Crippen LogP contribution in [0.25, 0.3) is 0 Å². The Morgan fingerprint density at radius 3 is 2.64 bits per heavy atom. The van der Waals surface area contributed by atoms with Gasteiger partial charge in [-0.1, -0.05) is 36.4 Å². The Hall–Kier alpha value is -2.67. The first-order valence-electron chi connectivity index (χ1n) is 9.38. The van der Waals surface area contributed by atoms with Crippen LogP contribution < -0.4 is 10.6 Å². The first-order chi connectivity index (χ1) is 13.3. The molecular formula is C21H25N3O3S. The Morgan fingerprint density at radius 2 is 1.89 bits per heavy atom. The molecule has 0 aromatic heterocycles. The topological polar surface area (TPSA) is 87.6 Å². The highest BCUT2D eigenvalue weighted by atomic mass is 32.2. The number of hydrogen-bond donors (Lipinski definition) is 2. The van der Waals surface area contributed by atoms with Crippen molar-refractivity contribution in [3.63, 3.8) is 0 Å². The predicted octanol–water partition coefficient (Wildman–Crippen LogP) is 3.43. The van der Waals surface area contributed by atoms with Crippen molar-refractivity contribution in [2.45, 2.75) is 50.5 Å². The summed E-state index contributed by atoms with van der Waals surface area (Å²) in [6, 6.07) is 15.2. The fourth-order valence-corrected chi connectivity index (χ4v) is 4.28. The Labute approximate surface area is 166 Å². The number of nitrogens with zero attached hydrogens (tertiary/aromatic N) is 1. The van der Waals surface area contributed by atoms with Crippen LogP contribution in [0.5, 0.6) is 0 Å². The van der Waals surface area contributed by atoms with Gasteiger partial charge in [-0.3, -0.25) is 4.79 Å². The minimum Gasteiger partial charge on any atom is -0.354 e. The number of carbonyl (C=O) groups excluding carboxylic acids is 1. The van der Waals surface area contributed by atoms with Gasteiger partial charge in [-0.2, -0.15) is 8.42 Å². The molecule has 1 amide bonds. The monoisotopic (exact) mass is 399 g/mol. The average Bonchev–Trinajstić information content (AvgIpc) is 2.64. The van der Waals surface area contributed by atoms with Gasteiger partial charge in [-0.15, -0.1) is 4.40 Å². The van der Waals surface area contributed by atoms with E-state index < -0.39 is 10.0 Å². The highest BCUT2D eigenvalue weighted by molar-refractivity contribution is 7.90. The van der Waals surface area contributed by atoms with Crippen LogP contribution in [0.4, 0.5) is 5.69 Å². The van der Waals surface area contributed by atoms with E-state index in [4.69, 9.17) is 0 Å². The van der Waals surface area contributed by atoms with E-state index in [-0.39, 0.29) is 29.7 Å². The molecule has 1 heterocycles. The first-order valence-corrected chi connectivity index (χ1v) is 10.8. The Kier molecular flexibility index (Phi) is 6.14. The van der Waals surface area contributed by atoms with E-state index >= 15 is 0 Å². The molecule has 28 heavy (non-hydrogen) atoms. The second kappa shape index (κ2) is 8.56. The summed E-state index contributed by atoms with van der Waals surface area (Å²) in [7, 11) is -3.72. The van der Waals surface area contributed by atoms with Crippen molar-refractivity contribution < 1.29 is 13.2 Å². The van der Waals surface area contributed by atoms with Crippen LogP contribution in [-0.4, -0.2) is 26.2 Å². The SMILES string of the molecule is Cc1ccc2c(c1)NC(CCC(=O)N[C@H](C)CCc1ccccc1)=NS2(=O)=O. The van der Waals surface area contributed by atoms with Crippen molar-refractivity contribution in [3.8, 4) is 0 Å². The summed E-state index contributed by atoms with van der Waals surface area (Å²) in [4.78, 5) is 12.4. The second-order valence-corrected chi connectivity index (χ2v) is 8.70. The number of rotatable bonds is 7. The lowest BCUT2D eigenvalue weighted by atomic mass is 10.1. The molecule has 0 unspecified atom stereocenters. The number of amides is 1. The van der Waals surface area contributed by atoms with Crippen LogP contribution in [0.2, 0.25) is 0 Å². The standard InChI is InChI=1S/C21H25N3O3S/c1-15-8-11-19-18(14-15)23-20(24-28(19,26)27)12-13-21(25)22-16(2)9-10-17-6-4-3-5-7-17/h3-8,11,14,16H,9-10,12-13H2,1-2H3,(H,22,25)(H,23,24)/t16-/m1/s1. The molecule has 2 aromatic carbocycles. The Balaban J connectivity index is 1.51. The summed E-state index contributed by atoms with van der Waals surface area (Å²) in [5.74, 6) is 0.183. The number of anilines is 1. The molecule has 6 nitrogen and oxygen atoms in total. The van der Waals surface area contributed by atoms with Gasteiger partial charge in [-0.05, 0) is 49.9 Å². The number of benzene rings is 2. The lowest BCUT2D eigenvalue weighted by Gasteiger charge is -2.19. The largest absolute Gasteiger partial charge is 0.354 e. The molecule has 0 spiro atoms. The molecule has 0 fully saturated rings. The van der Waals surface area contributed by atoms with Crippen molar-refractivity contribution in [2.24, 2.45) is 4.40 Å². The summed E-state index contributed by atoms with van der Waals surface area (Å²) >= 11 is 0. The number of fused-ring (bicyclic) bond motifs is 1. The van der Waals surface area contributed by atoms with Crippen molar-refractivity contribution in [1.82, 2.24) is 5.32 Å². The van der Waals surface area contributed by atoms with Crippen LogP contribution in [0.1, 0.15) is 37.3 Å². The van der Waals surface area contributed by atoms with Crippen LogP contribution in [0.15, 0.2) is 57.8 Å². The molecule has 0 saturated carbocycles. The van der Waals surface area contributed by atoms with Gasteiger partial charge in [0.2, 0.25) is 5.91 Å². The number of amidine groups is 1. The predicted molar refractivity (Wildman–Crippen MR) is 111 cm³/mol.